The summed E-state index contributed by atoms with van der Waals surface area (Å²) in [5.74, 6) is 0. The summed E-state index contributed by atoms with van der Waals surface area (Å²) in [6.07, 6.45) is 42.7. The zero-order valence-corrected chi connectivity index (χ0v) is 27.8. The van der Waals surface area contributed by atoms with Gasteiger partial charge in [0, 0.05) is 12.8 Å². The summed E-state index contributed by atoms with van der Waals surface area (Å²) in [6.45, 7) is 4.53. The van der Waals surface area contributed by atoms with Crippen molar-refractivity contribution in [2.45, 2.75) is 194 Å². The van der Waals surface area contributed by atoms with Gasteiger partial charge in [0.15, 0.2) is 11.0 Å². The second-order valence-corrected chi connectivity index (χ2v) is 13.6. The molecule has 0 amide bonds. The molecule has 40 heavy (non-hydrogen) atoms. The molecule has 0 aliphatic rings. The van der Waals surface area contributed by atoms with Crippen LogP contribution in [-0.2, 0) is 9.59 Å². The lowest BCUT2D eigenvalue weighted by atomic mass is 10.1. The number of allylic oxidation sites excluding steroid dienone is 4. The Hall–Kier alpha value is -0.790. The highest BCUT2D eigenvalue weighted by molar-refractivity contribution is 7.87. The lowest BCUT2D eigenvalue weighted by molar-refractivity contribution is -0.114. The van der Waals surface area contributed by atoms with Crippen molar-refractivity contribution in [1.82, 2.24) is 0 Å². The summed E-state index contributed by atoms with van der Waals surface area (Å²) < 4.78 is 0. The van der Waals surface area contributed by atoms with E-state index in [0.29, 0.717) is 12.8 Å². The van der Waals surface area contributed by atoms with Crippen LogP contribution in [0.2, 0.25) is 0 Å². The highest BCUT2D eigenvalue weighted by atomic mass is 31.1. The first kappa shape index (κ1) is 39.2. The number of rotatable bonds is 32. The average molecular weight is 578 g/mol. The Kier molecular flexibility index (Phi) is 32.1. The quantitative estimate of drug-likeness (QED) is 0.0491. The fourth-order valence-corrected chi connectivity index (χ4v) is 6.15. The van der Waals surface area contributed by atoms with Gasteiger partial charge in [-0.05, 0) is 64.2 Å². The van der Waals surface area contributed by atoms with E-state index in [1.165, 1.54) is 141 Å². The predicted molar refractivity (Wildman–Crippen MR) is 180 cm³/mol. The molecular weight excluding hydrogens is 509 g/mol. The van der Waals surface area contributed by atoms with Crippen LogP contribution >= 0.6 is 8.07 Å². The Balaban J connectivity index is 3.51. The van der Waals surface area contributed by atoms with Crippen molar-refractivity contribution >= 4 is 19.1 Å². The van der Waals surface area contributed by atoms with Gasteiger partial charge < -0.3 is 0 Å². The Labute approximate surface area is 251 Å². The molecule has 0 aromatic heterocycles. The van der Waals surface area contributed by atoms with Crippen LogP contribution in [0.4, 0.5) is 0 Å². The van der Waals surface area contributed by atoms with Crippen LogP contribution in [0.3, 0.4) is 0 Å². The highest BCUT2D eigenvalue weighted by Crippen LogP contribution is 2.33. The van der Waals surface area contributed by atoms with E-state index in [2.05, 4.69) is 38.2 Å². The minimum atomic E-state index is -1.58. The van der Waals surface area contributed by atoms with Crippen LogP contribution in [0.5, 0.6) is 0 Å². The van der Waals surface area contributed by atoms with Crippen LogP contribution in [0.1, 0.15) is 194 Å². The molecule has 2 N–H and O–H groups in total. The van der Waals surface area contributed by atoms with E-state index in [-0.39, 0.29) is 11.0 Å². The maximum atomic E-state index is 12.3. The third-order valence-electron chi connectivity index (χ3n) is 7.84. The van der Waals surface area contributed by atoms with Gasteiger partial charge in [-0.3, -0.25) is 15.1 Å². The molecule has 4 heteroatoms. The van der Waals surface area contributed by atoms with Crippen LogP contribution in [0.15, 0.2) is 24.3 Å². The molecular formula is C36H68NO2P. The molecule has 3 nitrogen and oxygen atoms in total. The summed E-state index contributed by atoms with van der Waals surface area (Å²) in [6, 6.07) is 0. The topological polar surface area (TPSA) is 60.2 Å². The van der Waals surface area contributed by atoms with E-state index in [1.54, 1.807) is 0 Å². The molecule has 0 aromatic carbocycles. The monoisotopic (exact) mass is 577 g/mol. The van der Waals surface area contributed by atoms with Crippen LogP contribution in [-0.4, -0.2) is 11.0 Å². The number of hydrogen-bond donors (Lipinski definition) is 1. The standard InChI is InChI=1S/C36H68NO2P/c1-3-5-7-9-11-13-15-17-19-21-23-25-27-29-31-33-35(38)40(37)36(39)34-32-30-28-26-24-22-20-18-16-14-12-10-8-6-4-2/h17-20H,3-16,21-34,37H2,1-2H3. The minimum absolute atomic E-state index is 0.00498. The van der Waals surface area contributed by atoms with Gasteiger partial charge in [0.05, 0.1) is 0 Å². The third-order valence-corrected chi connectivity index (χ3v) is 9.36. The van der Waals surface area contributed by atoms with Crippen LogP contribution < -0.4 is 5.50 Å². The van der Waals surface area contributed by atoms with Crippen molar-refractivity contribution in [2.75, 3.05) is 0 Å². The summed E-state index contributed by atoms with van der Waals surface area (Å²) in [7, 11) is -1.58. The first-order chi connectivity index (χ1) is 19.6. The Morgan fingerprint density at radius 1 is 0.425 bits per heavy atom. The molecule has 0 spiro atoms. The molecule has 0 unspecified atom stereocenters. The smallest absolute Gasteiger partial charge is 0.176 e. The fourth-order valence-electron chi connectivity index (χ4n) is 5.07. The van der Waals surface area contributed by atoms with Gasteiger partial charge >= 0.3 is 0 Å². The Morgan fingerprint density at radius 2 is 0.675 bits per heavy atom. The van der Waals surface area contributed by atoms with Crippen molar-refractivity contribution in [3.8, 4) is 0 Å². The van der Waals surface area contributed by atoms with Gasteiger partial charge in [-0.25, -0.2) is 0 Å². The van der Waals surface area contributed by atoms with E-state index in [1.807, 2.05) is 0 Å². The lowest BCUT2D eigenvalue weighted by Crippen LogP contribution is -2.11. The van der Waals surface area contributed by atoms with E-state index in [9.17, 15) is 9.59 Å². The first-order valence-corrected chi connectivity index (χ1v) is 18.9. The lowest BCUT2D eigenvalue weighted by Gasteiger charge is -2.09. The van der Waals surface area contributed by atoms with Gasteiger partial charge in [0.1, 0.15) is 8.07 Å². The van der Waals surface area contributed by atoms with Crippen molar-refractivity contribution in [3.63, 3.8) is 0 Å². The zero-order chi connectivity index (χ0) is 29.4. The second-order valence-electron chi connectivity index (χ2n) is 11.8. The van der Waals surface area contributed by atoms with Crippen LogP contribution in [0, 0.1) is 0 Å². The maximum Gasteiger partial charge on any atom is 0.176 e. The Bertz CT molecular complexity index is 564. The molecule has 0 atom stereocenters. The predicted octanol–water partition coefficient (Wildman–Crippen LogP) is 12.5. The van der Waals surface area contributed by atoms with Gasteiger partial charge in [0.2, 0.25) is 0 Å². The molecule has 0 aliphatic heterocycles. The second kappa shape index (κ2) is 32.7. The number of carbonyl (C=O) groups is 2. The molecule has 0 aliphatic carbocycles. The van der Waals surface area contributed by atoms with Gasteiger partial charge in [-0.15, -0.1) is 0 Å². The number of carbonyl (C=O) groups excluding carboxylic acids is 2. The van der Waals surface area contributed by atoms with E-state index < -0.39 is 8.07 Å². The van der Waals surface area contributed by atoms with Crippen molar-refractivity contribution in [1.29, 1.82) is 0 Å². The third kappa shape index (κ3) is 28.7. The summed E-state index contributed by atoms with van der Waals surface area (Å²) in [4.78, 5) is 24.7. The molecule has 0 bridgehead atoms. The summed E-state index contributed by atoms with van der Waals surface area (Å²) in [5, 5.41) is 0. The van der Waals surface area contributed by atoms with Crippen molar-refractivity contribution in [2.24, 2.45) is 5.50 Å². The molecule has 0 heterocycles. The molecule has 0 radical (unpaired) electrons. The fraction of sp³-hybridized carbons (Fsp3) is 0.833. The molecule has 0 fully saturated rings. The average Bonchev–Trinajstić information content (AvgIpc) is 2.96. The summed E-state index contributed by atoms with van der Waals surface area (Å²) >= 11 is 0. The number of nitrogens with two attached hydrogens (primary N) is 1. The summed E-state index contributed by atoms with van der Waals surface area (Å²) in [5.41, 5.74) is 6.04. The van der Waals surface area contributed by atoms with E-state index in [4.69, 9.17) is 5.50 Å². The molecule has 0 rings (SSSR count). The largest absolute Gasteiger partial charge is 0.298 e. The maximum absolute atomic E-state index is 12.3. The Morgan fingerprint density at radius 3 is 0.975 bits per heavy atom. The first-order valence-electron chi connectivity index (χ1n) is 17.5. The molecule has 0 aromatic rings. The van der Waals surface area contributed by atoms with Crippen LogP contribution in [0.25, 0.3) is 0 Å². The van der Waals surface area contributed by atoms with Gasteiger partial charge in [-0.2, -0.15) is 0 Å². The minimum Gasteiger partial charge on any atom is -0.298 e. The van der Waals surface area contributed by atoms with Gasteiger partial charge in [0.25, 0.3) is 0 Å². The molecule has 0 saturated carbocycles. The van der Waals surface area contributed by atoms with Crippen molar-refractivity contribution < 1.29 is 9.59 Å². The number of unbranched alkanes of at least 4 members (excludes halogenated alkanes) is 22. The van der Waals surface area contributed by atoms with E-state index in [0.717, 1.165) is 25.7 Å². The SMILES string of the molecule is CCCCCCCCC=CCCCCCCCC(=O)P(N)C(=O)CCCCCCCC=CCCCCCCCC. The van der Waals surface area contributed by atoms with Gasteiger partial charge in [-0.1, -0.05) is 141 Å². The zero-order valence-electron chi connectivity index (χ0n) is 26.9. The normalized spacial score (nSPS) is 12.6. The molecule has 234 valence electrons. The highest BCUT2D eigenvalue weighted by Gasteiger charge is 2.20. The van der Waals surface area contributed by atoms with E-state index >= 15 is 0 Å². The number of hydrogen-bond acceptors (Lipinski definition) is 3. The van der Waals surface area contributed by atoms with Crippen molar-refractivity contribution in [3.05, 3.63) is 24.3 Å². The molecule has 0 saturated heterocycles.